The van der Waals surface area contributed by atoms with Crippen LogP contribution in [0.2, 0.25) is 0 Å². The van der Waals surface area contributed by atoms with Crippen LogP contribution in [0.4, 0.5) is 0 Å². The van der Waals surface area contributed by atoms with Crippen LogP contribution in [0, 0.1) is 0 Å². The van der Waals surface area contributed by atoms with Crippen molar-refractivity contribution in [1.82, 2.24) is 30.4 Å². The van der Waals surface area contributed by atoms with E-state index in [1.807, 2.05) is 0 Å². The molecule has 4 unspecified atom stereocenters. The van der Waals surface area contributed by atoms with Gasteiger partial charge in [-0.05, 0) is 64.8 Å². The summed E-state index contributed by atoms with van der Waals surface area (Å²) in [6, 6.07) is -1.37. The van der Waals surface area contributed by atoms with E-state index in [4.69, 9.17) is 39.9 Å². The summed E-state index contributed by atoms with van der Waals surface area (Å²) in [5.41, 5.74) is 16.0. The topological polar surface area (TPSA) is 493 Å². The number of carbonyl (C=O) groups is 15. The fourth-order valence-electron chi connectivity index (χ4n) is 9.09. The van der Waals surface area contributed by atoms with Gasteiger partial charge >= 0.3 is 47.5 Å². The number of likely N-dealkylation sites (tertiary alicyclic amines) is 1. The Bertz CT molecular complexity index is 2870. The van der Waals surface area contributed by atoms with Gasteiger partial charge in [-0.15, -0.1) is 16.8 Å². The van der Waals surface area contributed by atoms with E-state index in [0.717, 1.165) is 73.3 Å². The van der Waals surface area contributed by atoms with Gasteiger partial charge in [-0.25, -0.2) is 13.2 Å². The maximum atomic E-state index is 12.5. The summed E-state index contributed by atoms with van der Waals surface area (Å²) in [5, 5.41) is 2.25. The third-order valence-corrected chi connectivity index (χ3v) is 17.9. The number of nitrogens with zero attached hydrogens (tertiary/aromatic N) is 4. The van der Waals surface area contributed by atoms with Crippen molar-refractivity contribution in [3.05, 3.63) is 24.3 Å². The molecule has 34 nitrogen and oxygen atoms in total. The summed E-state index contributed by atoms with van der Waals surface area (Å²) in [6.45, 7) is 7.94. The molecule has 2 saturated heterocycles. The third kappa shape index (κ3) is 49.8. The van der Waals surface area contributed by atoms with E-state index < -0.39 is 68.7 Å². The van der Waals surface area contributed by atoms with Gasteiger partial charge in [0.05, 0.1) is 63.4 Å². The normalized spacial score (nSPS) is 15.4. The van der Waals surface area contributed by atoms with Crippen LogP contribution in [-0.2, 0) is 115 Å². The molecule has 8 N–H and O–H groups in total. The second-order valence-corrected chi connectivity index (χ2v) is 26.6. The number of carbonyl (C=O) groups excluding carboxylic acids is 15. The molecule has 2 fully saturated rings. The number of Topliss-reactive ketones (excluding diaryl/α,β-unsaturated/α-hetero) is 2. The molecule has 0 bridgehead atoms. The van der Waals surface area contributed by atoms with Crippen molar-refractivity contribution in [3.8, 4) is 0 Å². The van der Waals surface area contributed by atoms with Crippen molar-refractivity contribution < 1.29 is 149 Å². The van der Waals surface area contributed by atoms with Crippen LogP contribution >= 0.6 is 24.4 Å². The van der Waals surface area contributed by atoms with E-state index in [9.17, 15) is 84.9 Å². The van der Waals surface area contributed by atoms with Crippen LogP contribution < -0.4 is 57.4 Å². The summed E-state index contributed by atoms with van der Waals surface area (Å²) < 4.78 is 64.3. The number of unbranched alkanes of at least 4 members (excludes halogenated alkanes) is 10. The average Bonchev–Trinajstić information content (AvgIpc) is 1.66. The van der Waals surface area contributed by atoms with Crippen LogP contribution in [0.3, 0.4) is 0 Å². The van der Waals surface area contributed by atoms with E-state index in [2.05, 4.69) is 47.7 Å². The Morgan fingerprint density at radius 1 is 0.523 bits per heavy atom. The van der Waals surface area contributed by atoms with Crippen LogP contribution in [0.5, 0.6) is 0 Å². The van der Waals surface area contributed by atoms with Crippen LogP contribution in [0.1, 0.15) is 184 Å². The molecular weight excluding hydrogens is 1470 g/mol. The fraction of sp³-hybridized carbons (Fsp3) is 0.725. The molecule has 4 heterocycles. The Hall–Kier alpha value is -5.94. The number of thioether (sulfide) groups is 1. The minimum Gasteiger partial charge on any atom is -0.747 e. The van der Waals surface area contributed by atoms with E-state index in [-0.39, 0.29) is 174 Å². The molecule has 107 heavy (non-hydrogen) atoms. The van der Waals surface area contributed by atoms with E-state index >= 15 is 0 Å². The van der Waals surface area contributed by atoms with Crippen molar-refractivity contribution in [2.24, 2.45) is 17.2 Å². The number of imide groups is 4. The van der Waals surface area contributed by atoms with Gasteiger partial charge < -0.3 is 65.6 Å². The van der Waals surface area contributed by atoms with Crippen molar-refractivity contribution in [1.29, 1.82) is 0 Å². The van der Waals surface area contributed by atoms with Crippen LogP contribution in [0.15, 0.2) is 24.3 Å². The number of rotatable bonds is 52. The largest absolute Gasteiger partial charge is 1.00 e. The number of ether oxygens (including phenoxy) is 6. The van der Waals surface area contributed by atoms with Crippen molar-refractivity contribution >= 4 is 123 Å². The Balaban J connectivity index is -0.000000450. The maximum absolute atomic E-state index is 12.5. The van der Waals surface area contributed by atoms with Crippen molar-refractivity contribution in [2.45, 2.75) is 205 Å². The van der Waals surface area contributed by atoms with Gasteiger partial charge in [0.15, 0.2) is 11.6 Å². The molecule has 0 saturated carbocycles. The number of hydroxylamine groups is 2. The number of amides is 10. The molecule has 4 aliphatic rings. The Labute approximate surface area is 663 Å². The fourth-order valence-corrected chi connectivity index (χ4v) is 11.1. The Kier molecular flexibility index (Phi) is 66.2. The quantitative estimate of drug-likeness (QED) is 0.0115. The zero-order valence-corrected chi connectivity index (χ0v) is 66.2. The number of thiol groups is 1. The number of esters is 2. The standard InChI is InChI=1S/C27H47N3O8S.C18H35NO5S.C12H12N2O9S.C9H12N2O3.CH5N.2CH4.Na.H2/c1-3-4-5-6-7-12-26(34)38-15-9-8-14-36-16-17-37-19-22(31)21(28)20-39-23-18-25(33)30(27(23)35)13-10-11-24(32)29-2;1-2-3-4-5-6-9-18(21)24-11-8-7-10-22-12-13-23-14-17(20)16(19)15-25;15-8-3-4-9(16)13(8)5-1-2-11(18)23-14-10(17)6-7(12(14)19)24(20,21)22;1-10-7(12)3-2-6-11-8(13)4-5-9(11)14;1-2;;;;/h21,23H,3-20,28H2,1-2H3,(H,29,32);16,25H,2-15,19H2,1H3;3-4,7H,1-2,5-6H2,(H,20,21,22);4-5H,2-3,6H2,1H3,(H,10,12);2H2,1H3;2*1H4;;1H/q;;;;;;;+1;/p-1. The van der Waals surface area contributed by atoms with Crippen LogP contribution in [-0.4, -0.2) is 262 Å². The second-order valence-electron chi connectivity index (χ2n) is 23.4. The zero-order chi connectivity index (χ0) is 78.3. The number of hydrogen-bond donors (Lipinski definition) is 6. The summed E-state index contributed by atoms with van der Waals surface area (Å²) in [6.07, 6.45) is 20.2. The summed E-state index contributed by atoms with van der Waals surface area (Å²) in [4.78, 5) is 180. The molecule has 4 atom stereocenters. The molecule has 0 aromatic carbocycles. The van der Waals surface area contributed by atoms with E-state index in [0.29, 0.717) is 90.6 Å². The minimum absolute atomic E-state index is 0. The first-order valence-electron chi connectivity index (χ1n) is 35.0. The number of nitrogens with two attached hydrogens (primary N) is 3. The maximum Gasteiger partial charge on any atom is 1.00 e. The molecule has 38 heteroatoms. The van der Waals surface area contributed by atoms with Gasteiger partial charge in [-0.1, -0.05) is 80.1 Å². The van der Waals surface area contributed by atoms with Gasteiger partial charge in [0.2, 0.25) is 23.6 Å². The first-order chi connectivity index (χ1) is 49.7. The molecule has 10 amide bonds. The molecule has 4 rings (SSSR count). The van der Waals surface area contributed by atoms with Crippen LogP contribution in [0.25, 0.3) is 0 Å². The SMILES string of the molecule is C.C.CCCCCCCC(=O)OCCCCOCCOCC(=O)C(N)CS.CCCCCCCC(=O)OCCCCOCCOCC(=O)C(N)CSC1CC(=O)N(CCCC(=O)NC)C1=O.CN.CNC(=O)CCCN1C(=O)C=CC1=O.O=C(CCCN1C(=O)C=CC1=O)ON1C(=O)CC(S(=O)(=O)[O-])C1=O.[HH].[Na+]. The molecule has 610 valence electrons. The summed E-state index contributed by atoms with van der Waals surface area (Å²) >= 11 is 5.15. The van der Waals surface area contributed by atoms with E-state index in [1.54, 1.807) is 7.05 Å². The van der Waals surface area contributed by atoms with E-state index in [1.165, 1.54) is 81.4 Å². The van der Waals surface area contributed by atoms with Gasteiger partial charge in [0, 0.05) is 123 Å². The third-order valence-electron chi connectivity index (χ3n) is 15.1. The Morgan fingerprint density at radius 2 is 0.907 bits per heavy atom. The van der Waals surface area contributed by atoms with Crippen molar-refractivity contribution in [3.63, 3.8) is 0 Å². The molecule has 0 aromatic heterocycles. The predicted molar refractivity (Wildman–Crippen MR) is 397 cm³/mol. The van der Waals surface area contributed by atoms with Gasteiger partial charge in [0.1, 0.15) is 28.6 Å². The molecule has 0 aromatic rings. The molecule has 4 aliphatic heterocycles. The molecule has 0 radical (unpaired) electrons. The van der Waals surface area contributed by atoms with Crippen molar-refractivity contribution in [2.75, 3.05) is 118 Å². The smallest absolute Gasteiger partial charge is 0.747 e. The molecular formula is C69H120N9NaO25S3. The monoisotopic (exact) mass is 1590 g/mol. The first kappa shape index (κ1) is 107. The summed E-state index contributed by atoms with van der Waals surface area (Å²) in [7, 11) is -0.449. The predicted octanol–water partition coefficient (Wildman–Crippen LogP) is -0.126. The van der Waals surface area contributed by atoms with Gasteiger partial charge in [-0.3, -0.25) is 81.8 Å². The first-order valence-corrected chi connectivity index (χ1v) is 38.2. The van der Waals surface area contributed by atoms with Gasteiger partial charge in [0.25, 0.3) is 35.4 Å². The number of nitrogens with one attached hydrogen (secondary N) is 2. The molecule has 0 aliphatic carbocycles. The summed E-state index contributed by atoms with van der Waals surface area (Å²) in [5.74, 6) is -6.18. The Morgan fingerprint density at radius 3 is 1.31 bits per heavy atom. The number of hydrogen-bond acceptors (Lipinski definition) is 30. The minimum atomic E-state index is -5.04. The average molecular weight is 1590 g/mol. The number of ketones is 2. The second kappa shape index (κ2) is 65.9. The zero-order valence-electron chi connectivity index (χ0n) is 61.7. The van der Waals surface area contributed by atoms with Gasteiger partial charge in [-0.2, -0.15) is 12.6 Å². The molecule has 0 spiro atoms.